The Morgan fingerprint density at radius 2 is 1.81 bits per heavy atom. The molecule has 1 aliphatic carbocycles. The second-order valence-corrected chi connectivity index (χ2v) is 9.56. The molecule has 4 rings (SSSR count). The van der Waals surface area contributed by atoms with Gasteiger partial charge in [-0.05, 0) is 87.7 Å². The van der Waals surface area contributed by atoms with Gasteiger partial charge in [0.15, 0.2) is 0 Å². The van der Waals surface area contributed by atoms with Gasteiger partial charge in [-0.15, -0.1) is 0 Å². The van der Waals surface area contributed by atoms with Crippen LogP contribution in [0.25, 0.3) is 5.57 Å². The van der Waals surface area contributed by atoms with Gasteiger partial charge in [0, 0.05) is 34.9 Å². The van der Waals surface area contributed by atoms with Gasteiger partial charge in [0.25, 0.3) is 0 Å². The van der Waals surface area contributed by atoms with Crippen LogP contribution in [0.4, 0.5) is 10.5 Å². The highest BCUT2D eigenvalue weighted by molar-refractivity contribution is 9.11. The number of aryl methyl sites for hydroxylation is 2. The minimum Gasteiger partial charge on any atom is -0.450 e. The molecule has 0 atom stereocenters. The largest absolute Gasteiger partial charge is 0.450 e. The van der Waals surface area contributed by atoms with Gasteiger partial charge < -0.3 is 15.4 Å². The number of aromatic nitrogens is 1. The van der Waals surface area contributed by atoms with Crippen molar-refractivity contribution < 1.29 is 9.53 Å². The number of carbonyl (C=O) groups excluding carboxylic acids is 1. The van der Waals surface area contributed by atoms with Crippen LogP contribution in [0.15, 0.2) is 32.8 Å². The molecule has 32 heavy (non-hydrogen) atoms. The number of piperidine rings is 1. The SMILES string of the molecule is CC.CCOC(=O)N1CCC(=C2c3ncc(Br)cc3CCc3cc(Cl)c(N)c(Br)c32)CC1. The third-order valence-corrected chi connectivity index (χ3v) is 7.24. The molecule has 8 heteroatoms. The predicted octanol–water partition coefficient (Wildman–Crippen LogP) is 7.02. The number of hydrogen-bond acceptors (Lipinski definition) is 4. The van der Waals surface area contributed by atoms with Crippen LogP contribution < -0.4 is 5.73 Å². The number of ether oxygens (including phenoxy) is 1. The molecule has 1 amide bonds. The van der Waals surface area contributed by atoms with Crippen LogP contribution in [0.3, 0.4) is 0 Å². The highest BCUT2D eigenvalue weighted by Gasteiger charge is 2.29. The molecule has 0 radical (unpaired) electrons. The van der Waals surface area contributed by atoms with Gasteiger partial charge in [-0.2, -0.15) is 0 Å². The van der Waals surface area contributed by atoms with Crippen molar-refractivity contribution in [2.45, 2.75) is 46.5 Å². The Balaban J connectivity index is 0.00000141. The van der Waals surface area contributed by atoms with Crippen LogP contribution in [0.1, 0.15) is 56.0 Å². The number of likely N-dealkylation sites (tertiary alicyclic amines) is 1. The molecular weight excluding hydrogens is 558 g/mol. The molecular formula is C24H28Br2ClN3O2. The van der Waals surface area contributed by atoms with Crippen molar-refractivity contribution in [3.63, 3.8) is 0 Å². The summed E-state index contributed by atoms with van der Waals surface area (Å²) in [6, 6.07) is 4.12. The maximum absolute atomic E-state index is 12.1. The fraction of sp³-hybridized carbons (Fsp3) is 0.417. The van der Waals surface area contributed by atoms with Gasteiger partial charge in [0.2, 0.25) is 0 Å². The van der Waals surface area contributed by atoms with Crippen molar-refractivity contribution in [1.29, 1.82) is 0 Å². The Hall–Kier alpha value is -1.57. The molecule has 2 aromatic rings. The standard InChI is InChI=1S/C22H22Br2ClN3O2.C2H6/c1-2-30-22(29)28-7-5-12(6-8-28)18-17-13(10-16(25)20(26)19(17)24)3-4-14-9-15(23)11-27-21(14)18;1-2/h9-11H,2-8,26H2,1H3;1-2H3. The summed E-state index contributed by atoms with van der Waals surface area (Å²) < 4.78 is 6.95. The molecule has 0 saturated carbocycles. The topological polar surface area (TPSA) is 68.5 Å². The Bertz CT molecular complexity index is 1050. The molecule has 2 heterocycles. The van der Waals surface area contributed by atoms with Crippen LogP contribution in [-0.4, -0.2) is 35.7 Å². The van der Waals surface area contributed by atoms with E-state index in [1.165, 1.54) is 11.1 Å². The van der Waals surface area contributed by atoms with Crippen molar-refractivity contribution in [2.75, 3.05) is 25.4 Å². The van der Waals surface area contributed by atoms with Gasteiger partial charge in [-0.3, -0.25) is 4.98 Å². The Morgan fingerprint density at radius 1 is 1.16 bits per heavy atom. The van der Waals surface area contributed by atoms with Crippen LogP contribution in [0.2, 0.25) is 5.02 Å². The normalized spacial score (nSPS) is 15.2. The Kier molecular flexibility index (Phi) is 8.64. The van der Waals surface area contributed by atoms with Gasteiger partial charge in [-0.25, -0.2) is 4.79 Å². The minimum atomic E-state index is -0.248. The number of benzene rings is 1. The molecule has 0 bridgehead atoms. The van der Waals surface area contributed by atoms with E-state index in [0.29, 0.717) is 30.4 Å². The third kappa shape index (κ3) is 5.00. The van der Waals surface area contributed by atoms with Crippen molar-refractivity contribution in [1.82, 2.24) is 9.88 Å². The number of nitrogen functional groups attached to an aromatic ring is 1. The second kappa shape index (κ2) is 11.0. The number of hydrogen-bond donors (Lipinski definition) is 1. The Morgan fingerprint density at radius 3 is 2.47 bits per heavy atom. The first-order chi connectivity index (χ1) is 15.4. The van der Waals surface area contributed by atoms with E-state index in [-0.39, 0.29) is 6.09 Å². The minimum absolute atomic E-state index is 0.248. The van der Waals surface area contributed by atoms with Gasteiger partial charge in [0.1, 0.15) is 0 Å². The lowest BCUT2D eigenvalue weighted by atomic mass is 9.88. The molecule has 172 valence electrons. The zero-order valence-corrected chi connectivity index (χ0v) is 22.5. The van der Waals surface area contributed by atoms with Crippen LogP contribution >= 0.6 is 43.5 Å². The summed E-state index contributed by atoms with van der Waals surface area (Å²) in [6.45, 7) is 7.46. The van der Waals surface area contributed by atoms with Crippen molar-refractivity contribution in [3.8, 4) is 0 Å². The van der Waals surface area contributed by atoms with E-state index in [1.54, 1.807) is 4.90 Å². The molecule has 5 nitrogen and oxygen atoms in total. The van der Waals surface area contributed by atoms with E-state index in [0.717, 1.165) is 57.0 Å². The summed E-state index contributed by atoms with van der Waals surface area (Å²) in [4.78, 5) is 18.7. The maximum atomic E-state index is 12.1. The van der Waals surface area contributed by atoms with Gasteiger partial charge >= 0.3 is 6.09 Å². The Labute approximate surface area is 211 Å². The van der Waals surface area contributed by atoms with Crippen molar-refractivity contribution >= 4 is 60.8 Å². The summed E-state index contributed by atoms with van der Waals surface area (Å²) in [7, 11) is 0. The van der Waals surface area contributed by atoms with Crippen LogP contribution in [0.5, 0.6) is 0 Å². The molecule has 0 unspecified atom stereocenters. The molecule has 1 aliphatic heterocycles. The highest BCUT2D eigenvalue weighted by Crippen LogP contribution is 2.45. The molecule has 2 N–H and O–H groups in total. The molecule has 2 aliphatic rings. The number of amides is 1. The average molecular weight is 586 g/mol. The fourth-order valence-electron chi connectivity index (χ4n) is 4.20. The van der Waals surface area contributed by atoms with Crippen molar-refractivity contribution in [3.05, 3.63) is 60.3 Å². The fourth-order valence-corrected chi connectivity index (χ4v) is 5.59. The van der Waals surface area contributed by atoms with E-state index >= 15 is 0 Å². The van der Waals surface area contributed by atoms with E-state index in [2.05, 4.69) is 37.9 Å². The quantitative estimate of drug-likeness (QED) is 0.365. The molecule has 1 aromatic carbocycles. The first kappa shape index (κ1) is 25.1. The zero-order chi connectivity index (χ0) is 23.4. The lowest BCUT2D eigenvalue weighted by Gasteiger charge is -2.30. The molecule has 1 aromatic heterocycles. The smallest absolute Gasteiger partial charge is 0.409 e. The van der Waals surface area contributed by atoms with Crippen molar-refractivity contribution in [2.24, 2.45) is 0 Å². The number of nitrogens with zero attached hydrogens (tertiary/aromatic N) is 2. The van der Waals surface area contributed by atoms with Gasteiger partial charge in [0.05, 0.1) is 27.5 Å². The van der Waals surface area contributed by atoms with Crippen LogP contribution in [-0.2, 0) is 17.6 Å². The maximum Gasteiger partial charge on any atom is 0.409 e. The monoisotopic (exact) mass is 583 g/mol. The molecule has 1 saturated heterocycles. The number of nitrogens with two attached hydrogens (primary N) is 1. The average Bonchev–Trinajstić information content (AvgIpc) is 2.96. The number of rotatable bonds is 1. The second-order valence-electron chi connectivity index (χ2n) is 7.45. The predicted molar refractivity (Wildman–Crippen MR) is 138 cm³/mol. The van der Waals surface area contributed by atoms with E-state index in [1.807, 2.05) is 33.0 Å². The van der Waals surface area contributed by atoms with E-state index in [9.17, 15) is 4.79 Å². The summed E-state index contributed by atoms with van der Waals surface area (Å²) in [6.07, 6.45) is 4.84. The number of fused-ring (bicyclic) bond motifs is 2. The van der Waals surface area contributed by atoms with E-state index < -0.39 is 0 Å². The summed E-state index contributed by atoms with van der Waals surface area (Å²) in [5.74, 6) is 0. The third-order valence-electron chi connectivity index (χ3n) is 5.67. The molecule has 0 spiro atoms. The summed E-state index contributed by atoms with van der Waals surface area (Å²) in [5.41, 5.74) is 13.6. The number of pyridine rings is 1. The number of anilines is 1. The lowest BCUT2D eigenvalue weighted by molar-refractivity contribution is 0.104. The lowest BCUT2D eigenvalue weighted by Crippen LogP contribution is -2.37. The van der Waals surface area contributed by atoms with E-state index in [4.69, 9.17) is 27.1 Å². The summed E-state index contributed by atoms with van der Waals surface area (Å²) >= 11 is 13.7. The highest BCUT2D eigenvalue weighted by atomic mass is 79.9. The zero-order valence-electron chi connectivity index (χ0n) is 18.6. The number of halogens is 3. The van der Waals surface area contributed by atoms with Crippen LogP contribution in [0, 0.1) is 0 Å². The van der Waals surface area contributed by atoms with Gasteiger partial charge in [-0.1, -0.05) is 31.0 Å². The first-order valence-electron chi connectivity index (χ1n) is 11.0. The number of carbonyl (C=O) groups is 1. The summed E-state index contributed by atoms with van der Waals surface area (Å²) in [5, 5.41) is 0.558. The first-order valence-corrected chi connectivity index (χ1v) is 12.9. The molecule has 1 fully saturated rings.